The predicted molar refractivity (Wildman–Crippen MR) is 48.3 cm³/mol. The molecule has 1 N–H and O–H groups in total. The Morgan fingerprint density at radius 1 is 1.62 bits per heavy atom. The molecule has 0 aliphatic heterocycles. The number of furan rings is 1. The van der Waals surface area contributed by atoms with Gasteiger partial charge in [0.1, 0.15) is 17.5 Å². The molecule has 0 saturated carbocycles. The lowest BCUT2D eigenvalue weighted by molar-refractivity contribution is -0.114. The number of nitrogens with zero attached hydrogens (tertiary/aromatic N) is 1. The van der Waals surface area contributed by atoms with Gasteiger partial charge in [0.25, 0.3) is 0 Å². The molecule has 4 nitrogen and oxygen atoms in total. The Labute approximate surface area is 74.6 Å². The second-order valence-corrected chi connectivity index (χ2v) is 2.68. The van der Waals surface area contributed by atoms with Crippen molar-refractivity contribution in [3.05, 3.63) is 24.6 Å². The SMILES string of the molecule is CC(=O)Nc1coc2cccnc12. The van der Waals surface area contributed by atoms with Crippen LogP contribution in [-0.2, 0) is 4.79 Å². The number of rotatable bonds is 1. The van der Waals surface area contributed by atoms with Gasteiger partial charge in [-0.25, -0.2) is 0 Å². The number of nitrogens with one attached hydrogen (secondary N) is 1. The molecule has 2 heterocycles. The van der Waals surface area contributed by atoms with E-state index in [1.54, 1.807) is 18.3 Å². The molecule has 66 valence electrons. The lowest BCUT2D eigenvalue weighted by atomic mass is 10.3. The Hall–Kier alpha value is -1.84. The molecule has 4 heteroatoms. The molecule has 0 spiro atoms. The third-order valence-corrected chi connectivity index (χ3v) is 1.64. The second-order valence-electron chi connectivity index (χ2n) is 2.68. The van der Waals surface area contributed by atoms with Crippen LogP contribution in [0.4, 0.5) is 5.69 Å². The molecule has 0 unspecified atom stereocenters. The highest BCUT2D eigenvalue weighted by atomic mass is 16.3. The summed E-state index contributed by atoms with van der Waals surface area (Å²) in [6.07, 6.45) is 3.14. The number of pyridine rings is 1. The standard InChI is InChI=1S/C9H8N2O2/c1-6(12)11-7-5-13-8-3-2-4-10-9(7)8/h2-5H,1H3,(H,11,12). The number of hydrogen-bond donors (Lipinski definition) is 1. The van der Waals surface area contributed by atoms with E-state index in [0.29, 0.717) is 16.8 Å². The van der Waals surface area contributed by atoms with Gasteiger partial charge >= 0.3 is 0 Å². The number of carbonyl (C=O) groups excluding carboxylic acids is 1. The summed E-state index contributed by atoms with van der Waals surface area (Å²) < 4.78 is 5.17. The van der Waals surface area contributed by atoms with Gasteiger partial charge in [-0.1, -0.05) is 0 Å². The summed E-state index contributed by atoms with van der Waals surface area (Å²) in [4.78, 5) is 14.9. The van der Waals surface area contributed by atoms with Gasteiger partial charge in [0.15, 0.2) is 5.58 Å². The van der Waals surface area contributed by atoms with E-state index in [1.165, 1.54) is 13.2 Å². The van der Waals surface area contributed by atoms with Crippen molar-refractivity contribution in [2.75, 3.05) is 5.32 Å². The van der Waals surface area contributed by atoms with Gasteiger partial charge in [0, 0.05) is 13.1 Å². The molecule has 1 amide bonds. The van der Waals surface area contributed by atoms with Gasteiger partial charge in [-0.2, -0.15) is 0 Å². The maximum absolute atomic E-state index is 10.8. The molecular weight excluding hydrogens is 168 g/mol. The van der Waals surface area contributed by atoms with Crippen LogP contribution < -0.4 is 5.32 Å². The maximum atomic E-state index is 10.8. The minimum atomic E-state index is -0.131. The zero-order valence-electron chi connectivity index (χ0n) is 7.07. The maximum Gasteiger partial charge on any atom is 0.221 e. The number of anilines is 1. The number of amides is 1. The van der Waals surface area contributed by atoms with Gasteiger partial charge in [0.2, 0.25) is 5.91 Å². The zero-order valence-corrected chi connectivity index (χ0v) is 7.07. The van der Waals surface area contributed by atoms with Gasteiger partial charge in [-0.05, 0) is 12.1 Å². The highest BCUT2D eigenvalue weighted by Gasteiger charge is 2.06. The predicted octanol–water partition coefficient (Wildman–Crippen LogP) is 1.79. The van der Waals surface area contributed by atoms with E-state index in [1.807, 2.05) is 0 Å². The first-order chi connectivity index (χ1) is 6.27. The third kappa shape index (κ3) is 1.38. The average molecular weight is 176 g/mol. The van der Waals surface area contributed by atoms with Gasteiger partial charge in [-0.15, -0.1) is 0 Å². The minimum Gasteiger partial charge on any atom is -0.460 e. The fraction of sp³-hybridized carbons (Fsp3) is 0.111. The first kappa shape index (κ1) is 7.79. The fourth-order valence-corrected chi connectivity index (χ4v) is 1.14. The van der Waals surface area contributed by atoms with Crippen molar-refractivity contribution in [1.29, 1.82) is 0 Å². The number of aromatic nitrogens is 1. The van der Waals surface area contributed by atoms with E-state index in [9.17, 15) is 4.79 Å². The van der Waals surface area contributed by atoms with E-state index in [0.717, 1.165) is 0 Å². The Morgan fingerprint density at radius 2 is 2.46 bits per heavy atom. The smallest absolute Gasteiger partial charge is 0.221 e. The number of fused-ring (bicyclic) bond motifs is 1. The molecule has 2 rings (SSSR count). The molecule has 0 aliphatic rings. The molecule has 0 saturated heterocycles. The van der Waals surface area contributed by atoms with Crippen LogP contribution >= 0.6 is 0 Å². The van der Waals surface area contributed by atoms with E-state index in [-0.39, 0.29) is 5.91 Å². The lowest BCUT2D eigenvalue weighted by Gasteiger charge is -1.95. The average Bonchev–Trinajstić information content (AvgIpc) is 2.48. The Balaban J connectivity index is 2.51. The van der Waals surface area contributed by atoms with E-state index in [2.05, 4.69) is 10.3 Å². The molecule has 0 aliphatic carbocycles. The largest absolute Gasteiger partial charge is 0.460 e. The highest BCUT2D eigenvalue weighted by Crippen LogP contribution is 2.22. The van der Waals surface area contributed by atoms with E-state index >= 15 is 0 Å². The second kappa shape index (κ2) is 2.90. The Bertz CT molecular complexity index is 448. The molecule has 2 aromatic heterocycles. The van der Waals surface area contributed by atoms with E-state index < -0.39 is 0 Å². The van der Waals surface area contributed by atoms with Crippen molar-refractivity contribution in [2.45, 2.75) is 6.92 Å². The highest BCUT2D eigenvalue weighted by molar-refractivity contribution is 5.97. The summed E-state index contributed by atoms with van der Waals surface area (Å²) >= 11 is 0. The van der Waals surface area contributed by atoms with Crippen LogP contribution in [-0.4, -0.2) is 10.9 Å². The van der Waals surface area contributed by atoms with Gasteiger partial charge < -0.3 is 9.73 Å². The topological polar surface area (TPSA) is 55.1 Å². The van der Waals surface area contributed by atoms with Crippen LogP contribution in [0.15, 0.2) is 29.0 Å². The molecule has 0 aromatic carbocycles. The summed E-state index contributed by atoms with van der Waals surface area (Å²) in [5, 5.41) is 2.63. The van der Waals surface area contributed by atoms with Crippen molar-refractivity contribution in [3.8, 4) is 0 Å². The van der Waals surface area contributed by atoms with Crippen LogP contribution in [0.25, 0.3) is 11.1 Å². The summed E-state index contributed by atoms with van der Waals surface area (Å²) in [5.41, 5.74) is 1.96. The van der Waals surface area contributed by atoms with Crippen molar-refractivity contribution in [3.63, 3.8) is 0 Å². The fourth-order valence-electron chi connectivity index (χ4n) is 1.14. The minimum absolute atomic E-state index is 0.131. The molecular formula is C9H8N2O2. The van der Waals surface area contributed by atoms with Crippen molar-refractivity contribution in [1.82, 2.24) is 4.98 Å². The normalized spacial score (nSPS) is 10.2. The molecule has 0 fully saturated rings. The zero-order chi connectivity index (χ0) is 9.26. The number of hydrogen-bond acceptors (Lipinski definition) is 3. The van der Waals surface area contributed by atoms with Gasteiger partial charge in [0.05, 0.1) is 0 Å². The van der Waals surface area contributed by atoms with Crippen LogP contribution in [0.1, 0.15) is 6.92 Å². The van der Waals surface area contributed by atoms with Crippen molar-refractivity contribution < 1.29 is 9.21 Å². The summed E-state index contributed by atoms with van der Waals surface area (Å²) in [6.45, 7) is 1.45. The van der Waals surface area contributed by atoms with Crippen LogP contribution in [0.2, 0.25) is 0 Å². The van der Waals surface area contributed by atoms with Gasteiger partial charge in [-0.3, -0.25) is 9.78 Å². The van der Waals surface area contributed by atoms with E-state index in [4.69, 9.17) is 4.42 Å². The summed E-state index contributed by atoms with van der Waals surface area (Å²) in [7, 11) is 0. The number of carbonyl (C=O) groups is 1. The summed E-state index contributed by atoms with van der Waals surface area (Å²) in [5.74, 6) is -0.131. The lowest BCUT2D eigenvalue weighted by Crippen LogP contribution is -2.04. The monoisotopic (exact) mass is 176 g/mol. The molecule has 0 bridgehead atoms. The first-order valence-electron chi connectivity index (χ1n) is 3.87. The molecule has 0 radical (unpaired) electrons. The van der Waals surface area contributed by atoms with Crippen molar-refractivity contribution >= 4 is 22.7 Å². The van der Waals surface area contributed by atoms with Crippen molar-refractivity contribution in [2.24, 2.45) is 0 Å². The molecule has 13 heavy (non-hydrogen) atoms. The summed E-state index contributed by atoms with van der Waals surface area (Å²) in [6, 6.07) is 3.58. The van der Waals surface area contributed by atoms with Crippen LogP contribution in [0, 0.1) is 0 Å². The molecule has 2 aromatic rings. The quantitative estimate of drug-likeness (QED) is 0.720. The Morgan fingerprint density at radius 3 is 3.23 bits per heavy atom. The van der Waals surface area contributed by atoms with Crippen LogP contribution in [0.3, 0.4) is 0 Å². The molecule has 0 atom stereocenters. The third-order valence-electron chi connectivity index (χ3n) is 1.64. The van der Waals surface area contributed by atoms with Crippen LogP contribution in [0.5, 0.6) is 0 Å². The Kier molecular flexibility index (Phi) is 1.73. The first-order valence-corrected chi connectivity index (χ1v) is 3.87.